The molecule has 2 saturated heterocycles. The van der Waals surface area contributed by atoms with Crippen LogP contribution in [0, 0.1) is 12.8 Å². The maximum absolute atomic E-state index is 12.3. The van der Waals surface area contributed by atoms with Gasteiger partial charge in [0.05, 0.1) is 11.8 Å². The molecule has 2 amide bonds. The molecule has 0 bridgehead atoms. The number of carbonyl (C=O) groups is 2. The molecule has 2 atom stereocenters. The summed E-state index contributed by atoms with van der Waals surface area (Å²) in [7, 11) is 0. The molecule has 0 unspecified atom stereocenters. The average molecular weight is 320 g/mol. The van der Waals surface area contributed by atoms with Gasteiger partial charge in [-0.1, -0.05) is 0 Å². The van der Waals surface area contributed by atoms with Gasteiger partial charge >= 0.3 is 0 Å². The summed E-state index contributed by atoms with van der Waals surface area (Å²) in [6.45, 7) is 4.13. The number of amides is 2. The molecule has 7 nitrogen and oxygen atoms in total. The van der Waals surface area contributed by atoms with Gasteiger partial charge in [-0.05, 0) is 25.8 Å². The second-order valence-electron chi connectivity index (χ2n) is 6.61. The molecule has 1 aromatic heterocycles. The Kier molecular flexibility index (Phi) is 4.66. The third-order valence-electron chi connectivity index (χ3n) is 4.76. The number of aromatic nitrogens is 2. The third-order valence-corrected chi connectivity index (χ3v) is 4.76. The lowest BCUT2D eigenvalue weighted by molar-refractivity contribution is -0.132. The van der Waals surface area contributed by atoms with Gasteiger partial charge in [-0.2, -0.15) is 5.10 Å². The highest BCUT2D eigenvalue weighted by molar-refractivity contribution is 5.80. The normalized spacial score (nSPS) is 24.7. The van der Waals surface area contributed by atoms with Crippen molar-refractivity contribution in [3.63, 3.8) is 0 Å². The van der Waals surface area contributed by atoms with E-state index in [0.717, 1.165) is 24.4 Å². The first-order valence-corrected chi connectivity index (χ1v) is 8.27. The Balaban J connectivity index is 1.49. The molecule has 0 radical (unpaired) electrons. The van der Waals surface area contributed by atoms with Crippen molar-refractivity contribution in [2.75, 3.05) is 26.2 Å². The van der Waals surface area contributed by atoms with Gasteiger partial charge in [-0.15, -0.1) is 0 Å². The molecular formula is C16H24N4O3. The van der Waals surface area contributed by atoms with Gasteiger partial charge < -0.3 is 14.9 Å². The van der Waals surface area contributed by atoms with Gasteiger partial charge in [0.25, 0.3) is 0 Å². The number of β-amino-alcohol motifs (C(OH)–C–C–N with tert-alkyl or cyclic N) is 1. The number of aryl methyl sites for hydroxylation is 1. The van der Waals surface area contributed by atoms with Crippen LogP contribution in [0.1, 0.15) is 30.7 Å². The number of aliphatic hydroxyl groups is 1. The second-order valence-corrected chi connectivity index (χ2v) is 6.61. The summed E-state index contributed by atoms with van der Waals surface area (Å²) in [6, 6.07) is 1.97. The van der Waals surface area contributed by atoms with Gasteiger partial charge in [-0.25, -0.2) is 0 Å². The van der Waals surface area contributed by atoms with Gasteiger partial charge in [0.2, 0.25) is 11.8 Å². The van der Waals surface area contributed by atoms with E-state index in [1.807, 2.05) is 13.0 Å². The zero-order chi connectivity index (χ0) is 16.4. The number of H-pyrrole nitrogens is 1. The van der Waals surface area contributed by atoms with Gasteiger partial charge in [0, 0.05) is 50.6 Å². The van der Waals surface area contributed by atoms with Crippen LogP contribution < -0.4 is 0 Å². The van der Waals surface area contributed by atoms with E-state index < -0.39 is 6.10 Å². The Morgan fingerprint density at radius 1 is 1.48 bits per heavy atom. The summed E-state index contributed by atoms with van der Waals surface area (Å²) in [5.41, 5.74) is 1.92. The van der Waals surface area contributed by atoms with Crippen molar-refractivity contribution in [2.45, 2.75) is 38.7 Å². The highest BCUT2D eigenvalue weighted by atomic mass is 16.3. The molecule has 0 saturated carbocycles. The predicted molar refractivity (Wildman–Crippen MR) is 83.5 cm³/mol. The summed E-state index contributed by atoms with van der Waals surface area (Å²) in [5.74, 6) is 0.186. The minimum Gasteiger partial charge on any atom is -0.391 e. The van der Waals surface area contributed by atoms with E-state index >= 15 is 0 Å². The summed E-state index contributed by atoms with van der Waals surface area (Å²) in [5, 5.41) is 17.3. The summed E-state index contributed by atoms with van der Waals surface area (Å²) in [6.07, 6.45) is 1.99. The Hall–Kier alpha value is -1.89. The van der Waals surface area contributed by atoms with Crippen LogP contribution in [-0.2, 0) is 16.0 Å². The number of nitrogens with zero attached hydrogens (tertiary/aromatic N) is 3. The van der Waals surface area contributed by atoms with Crippen molar-refractivity contribution in [1.82, 2.24) is 20.0 Å². The molecule has 23 heavy (non-hydrogen) atoms. The molecule has 2 N–H and O–H groups in total. The first kappa shape index (κ1) is 16.0. The molecule has 0 spiro atoms. The number of carbonyl (C=O) groups excluding carboxylic acids is 2. The molecule has 0 aliphatic carbocycles. The van der Waals surface area contributed by atoms with Crippen LogP contribution in [-0.4, -0.2) is 69.2 Å². The van der Waals surface area contributed by atoms with Crippen molar-refractivity contribution >= 4 is 11.8 Å². The van der Waals surface area contributed by atoms with Crippen LogP contribution in [0.4, 0.5) is 0 Å². The molecule has 2 aliphatic rings. The van der Waals surface area contributed by atoms with Crippen LogP contribution in [0.2, 0.25) is 0 Å². The maximum Gasteiger partial charge on any atom is 0.224 e. The molecular weight excluding hydrogens is 296 g/mol. The fourth-order valence-corrected chi connectivity index (χ4v) is 3.44. The number of hydrogen-bond acceptors (Lipinski definition) is 4. The number of hydrogen-bond donors (Lipinski definition) is 2. The quantitative estimate of drug-likeness (QED) is 0.805. The number of aliphatic hydroxyl groups excluding tert-OH is 1. The number of nitrogens with one attached hydrogen (secondary N) is 1. The number of likely N-dealkylation sites (tertiary alicyclic amines) is 2. The molecule has 2 aliphatic heterocycles. The molecule has 1 aromatic rings. The lowest BCUT2D eigenvalue weighted by atomic mass is 10.0. The van der Waals surface area contributed by atoms with Crippen molar-refractivity contribution in [3.8, 4) is 0 Å². The van der Waals surface area contributed by atoms with Crippen molar-refractivity contribution in [3.05, 3.63) is 17.5 Å². The Labute approximate surface area is 135 Å². The van der Waals surface area contributed by atoms with E-state index in [-0.39, 0.29) is 17.7 Å². The van der Waals surface area contributed by atoms with Crippen LogP contribution in [0.25, 0.3) is 0 Å². The fraction of sp³-hybridized carbons (Fsp3) is 0.688. The SMILES string of the molecule is Cc1cc(C[C@@H]2CN(C(=O)CCN3CCCC3=O)C[C@@H]2O)n[nH]1. The lowest BCUT2D eigenvalue weighted by Crippen LogP contribution is -2.34. The second kappa shape index (κ2) is 6.70. The van der Waals surface area contributed by atoms with Gasteiger partial charge in [-0.3, -0.25) is 14.7 Å². The summed E-state index contributed by atoms with van der Waals surface area (Å²) in [4.78, 5) is 27.4. The Morgan fingerprint density at radius 2 is 2.30 bits per heavy atom. The number of aromatic amines is 1. The van der Waals surface area contributed by atoms with Crippen LogP contribution in [0.15, 0.2) is 6.07 Å². The van der Waals surface area contributed by atoms with E-state index in [4.69, 9.17) is 0 Å². The first-order chi connectivity index (χ1) is 11.0. The average Bonchev–Trinajstić information content (AvgIpc) is 3.20. The van der Waals surface area contributed by atoms with Crippen LogP contribution in [0.5, 0.6) is 0 Å². The minimum absolute atomic E-state index is 0.0180. The highest BCUT2D eigenvalue weighted by Crippen LogP contribution is 2.22. The van der Waals surface area contributed by atoms with E-state index in [1.54, 1.807) is 9.80 Å². The molecule has 7 heteroatoms. The van der Waals surface area contributed by atoms with E-state index in [2.05, 4.69) is 10.2 Å². The van der Waals surface area contributed by atoms with Crippen LogP contribution >= 0.6 is 0 Å². The monoisotopic (exact) mass is 320 g/mol. The van der Waals surface area contributed by atoms with E-state index in [0.29, 0.717) is 38.9 Å². The topological polar surface area (TPSA) is 89.5 Å². The Morgan fingerprint density at radius 3 is 2.96 bits per heavy atom. The molecule has 126 valence electrons. The summed E-state index contributed by atoms with van der Waals surface area (Å²) >= 11 is 0. The smallest absolute Gasteiger partial charge is 0.224 e. The highest BCUT2D eigenvalue weighted by Gasteiger charge is 2.34. The zero-order valence-electron chi connectivity index (χ0n) is 13.5. The zero-order valence-corrected chi connectivity index (χ0v) is 13.5. The number of rotatable bonds is 5. The van der Waals surface area contributed by atoms with Gasteiger partial charge in [0.1, 0.15) is 0 Å². The first-order valence-electron chi connectivity index (χ1n) is 8.27. The Bertz CT molecular complexity index is 586. The standard InChI is InChI=1S/C16H24N4O3/c1-11-7-13(18-17-11)8-12-9-20(10-14(12)21)16(23)4-6-19-5-2-3-15(19)22/h7,12,14,21H,2-6,8-10H2,1H3,(H,17,18)/t12-,14+/m1/s1. The van der Waals surface area contributed by atoms with Crippen molar-refractivity contribution in [1.29, 1.82) is 0 Å². The maximum atomic E-state index is 12.3. The lowest BCUT2D eigenvalue weighted by Gasteiger charge is -2.19. The van der Waals surface area contributed by atoms with E-state index in [9.17, 15) is 14.7 Å². The third kappa shape index (κ3) is 3.72. The minimum atomic E-state index is -0.510. The predicted octanol–water partition coefficient (Wildman–Crippen LogP) is 0.0924. The van der Waals surface area contributed by atoms with Crippen LogP contribution in [0.3, 0.4) is 0 Å². The van der Waals surface area contributed by atoms with E-state index in [1.165, 1.54) is 0 Å². The molecule has 2 fully saturated rings. The molecule has 3 heterocycles. The largest absolute Gasteiger partial charge is 0.391 e. The molecule has 0 aromatic carbocycles. The molecule has 3 rings (SSSR count). The fourth-order valence-electron chi connectivity index (χ4n) is 3.44. The summed E-state index contributed by atoms with van der Waals surface area (Å²) < 4.78 is 0. The van der Waals surface area contributed by atoms with Crippen molar-refractivity contribution in [2.24, 2.45) is 5.92 Å². The van der Waals surface area contributed by atoms with Gasteiger partial charge in [0.15, 0.2) is 0 Å². The van der Waals surface area contributed by atoms with Crippen molar-refractivity contribution < 1.29 is 14.7 Å².